The Morgan fingerprint density at radius 3 is 2.40 bits per heavy atom. The van der Waals surface area contributed by atoms with E-state index in [2.05, 4.69) is 6.92 Å². The Kier molecular flexibility index (Phi) is 4.11. The van der Waals surface area contributed by atoms with E-state index >= 15 is 0 Å². The van der Waals surface area contributed by atoms with Gasteiger partial charge in [0.1, 0.15) is 0 Å². The number of carboxylic acids is 1. The first-order valence-electron chi connectivity index (χ1n) is 5.66. The molecule has 88 valence electrons. The van der Waals surface area contributed by atoms with Crippen molar-refractivity contribution in [2.45, 2.75) is 45.1 Å². The number of hydrogen-bond acceptors (Lipinski definition) is 3. The standard InChI is InChI=1S/C11H21NO3/c1-2-8-3-5-11(7-12,6-4-8)9(13)10(14)15/h8-9,13H,2-7,12H2,1H3,(H,14,15). The quantitative estimate of drug-likeness (QED) is 0.652. The third kappa shape index (κ3) is 2.49. The van der Waals surface area contributed by atoms with Crippen LogP contribution in [0.15, 0.2) is 0 Å². The summed E-state index contributed by atoms with van der Waals surface area (Å²) in [6.07, 6.45) is 3.26. The number of aliphatic hydroxyl groups excluding tert-OH is 1. The molecule has 0 aromatic rings. The lowest BCUT2D eigenvalue weighted by molar-refractivity contribution is -0.156. The Labute approximate surface area is 90.5 Å². The van der Waals surface area contributed by atoms with E-state index in [0.717, 1.165) is 32.1 Å². The molecule has 0 heterocycles. The predicted octanol–water partition coefficient (Wildman–Crippen LogP) is 0.977. The SMILES string of the molecule is CCC1CCC(CN)(C(O)C(=O)O)CC1. The molecule has 0 bridgehead atoms. The minimum absolute atomic E-state index is 0.261. The van der Waals surface area contributed by atoms with Gasteiger partial charge in [0.2, 0.25) is 0 Å². The van der Waals surface area contributed by atoms with Gasteiger partial charge in [0.05, 0.1) is 0 Å². The lowest BCUT2D eigenvalue weighted by Gasteiger charge is -2.40. The van der Waals surface area contributed by atoms with Crippen LogP contribution >= 0.6 is 0 Å². The van der Waals surface area contributed by atoms with E-state index in [1.54, 1.807) is 0 Å². The molecule has 15 heavy (non-hydrogen) atoms. The van der Waals surface area contributed by atoms with E-state index in [-0.39, 0.29) is 6.54 Å². The van der Waals surface area contributed by atoms with Crippen molar-refractivity contribution >= 4 is 5.97 Å². The van der Waals surface area contributed by atoms with Crippen LogP contribution in [-0.2, 0) is 4.79 Å². The zero-order chi connectivity index (χ0) is 11.5. The van der Waals surface area contributed by atoms with Crippen molar-refractivity contribution < 1.29 is 15.0 Å². The minimum atomic E-state index is -1.31. The van der Waals surface area contributed by atoms with Crippen molar-refractivity contribution in [3.8, 4) is 0 Å². The van der Waals surface area contributed by atoms with Gasteiger partial charge in [-0.25, -0.2) is 4.79 Å². The van der Waals surface area contributed by atoms with Gasteiger partial charge in [-0.1, -0.05) is 13.3 Å². The Hall–Kier alpha value is -0.610. The molecule has 1 aliphatic rings. The summed E-state index contributed by atoms with van der Waals surface area (Å²) in [4.78, 5) is 10.8. The van der Waals surface area contributed by atoms with Crippen molar-refractivity contribution in [1.82, 2.24) is 0 Å². The summed E-state index contributed by atoms with van der Waals surface area (Å²) >= 11 is 0. The van der Waals surface area contributed by atoms with Crippen LogP contribution in [0.5, 0.6) is 0 Å². The highest BCUT2D eigenvalue weighted by Gasteiger charge is 2.43. The van der Waals surface area contributed by atoms with Gasteiger partial charge in [0.25, 0.3) is 0 Å². The number of carboxylic acid groups (broad SMARTS) is 1. The van der Waals surface area contributed by atoms with Gasteiger partial charge in [-0.15, -0.1) is 0 Å². The van der Waals surface area contributed by atoms with E-state index < -0.39 is 17.5 Å². The summed E-state index contributed by atoms with van der Waals surface area (Å²) in [7, 11) is 0. The predicted molar refractivity (Wildman–Crippen MR) is 57.4 cm³/mol. The molecule has 1 fully saturated rings. The van der Waals surface area contributed by atoms with Crippen LogP contribution in [0.25, 0.3) is 0 Å². The zero-order valence-corrected chi connectivity index (χ0v) is 9.28. The van der Waals surface area contributed by atoms with E-state index in [1.165, 1.54) is 0 Å². The van der Waals surface area contributed by atoms with E-state index in [4.69, 9.17) is 10.8 Å². The van der Waals surface area contributed by atoms with Gasteiger partial charge in [-0.05, 0) is 31.6 Å². The molecule has 0 radical (unpaired) electrons. The van der Waals surface area contributed by atoms with Crippen molar-refractivity contribution in [2.75, 3.05) is 6.54 Å². The molecule has 1 saturated carbocycles. The fraction of sp³-hybridized carbons (Fsp3) is 0.909. The fourth-order valence-corrected chi connectivity index (χ4v) is 2.51. The molecule has 0 aromatic heterocycles. The number of nitrogens with two attached hydrogens (primary N) is 1. The van der Waals surface area contributed by atoms with Crippen molar-refractivity contribution in [3.05, 3.63) is 0 Å². The van der Waals surface area contributed by atoms with Crippen LogP contribution in [0.2, 0.25) is 0 Å². The molecule has 1 rings (SSSR count). The number of hydrogen-bond donors (Lipinski definition) is 3. The van der Waals surface area contributed by atoms with Gasteiger partial charge in [-0.3, -0.25) is 0 Å². The normalized spacial score (nSPS) is 33.7. The Morgan fingerprint density at radius 2 is 2.07 bits per heavy atom. The molecule has 0 spiro atoms. The number of carbonyl (C=O) groups is 1. The topological polar surface area (TPSA) is 83.5 Å². The van der Waals surface area contributed by atoms with Gasteiger partial charge in [0.15, 0.2) is 6.10 Å². The van der Waals surface area contributed by atoms with Crippen LogP contribution in [0, 0.1) is 11.3 Å². The molecule has 1 unspecified atom stereocenters. The van der Waals surface area contributed by atoms with Gasteiger partial charge < -0.3 is 15.9 Å². The van der Waals surface area contributed by atoms with E-state index in [1.807, 2.05) is 0 Å². The highest BCUT2D eigenvalue weighted by atomic mass is 16.4. The first kappa shape index (κ1) is 12.5. The third-order valence-electron chi connectivity index (χ3n) is 3.90. The van der Waals surface area contributed by atoms with E-state index in [9.17, 15) is 9.90 Å². The molecule has 0 aliphatic heterocycles. The molecular weight excluding hydrogens is 194 g/mol. The summed E-state index contributed by atoms with van der Waals surface area (Å²) in [5.74, 6) is -0.471. The number of rotatable bonds is 4. The Balaban J connectivity index is 2.67. The van der Waals surface area contributed by atoms with Gasteiger partial charge >= 0.3 is 5.97 Å². The van der Waals surface area contributed by atoms with Crippen LogP contribution in [-0.4, -0.2) is 28.8 Å². The summed E-state index contributed by atoms with van der Waals surface area (Å²) in [6.45, 7) is 2.41. The second-order valence-electron chi connectivity index (χ2n) is 4.66. The molecule has 4 heteroatoms. The van der Waals surface area contributed by atoms with Crippen LogP contribution in [0.3, 0.4) is 0 Å². The second kappa shape index (κ2) is 4.94. The molecule has 1 atom stereocenters. The van der Waals surface area contributed by atoms with Crippen molar-refractivity contribution in [3.63, 3.8) is 0 Å². The van der Waals surface area contributed by atoms with Crippen molar-refractivity contribution in [2.24, 2.45) is 17.1 Å². The molecule has 4 N–H and O–H groups in total. The molecule has 1 aliphatic carbocycles. The Bertz CT molecular complexity index is 222. The second-order valence-corrected chi connectivity index (χ2v) is 4.66. The van der Waals surface area contributed by atoms with Crippen LogP contribution in [0.1, 0.15) is 39.0 Å². The first-order chi connectivity index (χ1) is 7.05. The monoisotopic (exact) mass is 215 g/mol. The minimum Gasteiger partial charge on any atom is -0.479 e. The number of aliphatic carboxylic acids is 1. The lowest BCUT2D eigenvalue weighted by atomic mass is 9.67. The highest BCUT2D eigenvalue weighted by Crippen LogP contribution is 2.41. The highest BCUT2D eigenvalue weighted by molar-refractivity contribution is 5.73. The summed E-state index contributed by atoms with van der Waals surface area (Å²) < 4.78 is 0. The average Bonchev–Trinajstić information content (AvgIpc) is 2.28. The zero-order valence-electron chi connectivity index (χ0n) is 9.28. The third-order valence-corrected chi connectivity index (χ3v) is 3.90. The van der Waals surface area contributed by atoms with Crippen LogP contribution < -0.4 is 5.73 Å². The molecule has 0 saturated heterocycles. The maximum atomic E-state index is 10.8. The van der Waals surface area contributed by atoms with E-state index in [0.29, 0.717) is 5.92 Å². The molecular formula is C11H21NO3. The fourth-order valence-electron chi connectivity index (χ4n) is 2.51. The summed E-state index contributed by atoms with van der Waals surface area (Å²) in [5.41, 5.74) is 5.05. The van der Waals surface area contributed by atoms with Crippen LogP contribution in [0.4, 0.5) is 0 Å². The maximum Gasteiger partial charge on any atom is 0.333 e. The smallest absolute Gasteiger partial charge is 0.333 e. The molecule has 0 aromatic carbocycles. The van der Waals surface area contributed by atoms with Gasteiger partial charge in [-0.2, -0.15) is 0 Å². The summed E-state index contributed by atoms with van der Waals surface area (Å²) in [6, 6.07) is 0. The largest absolute Gasteiger partial charge is 0.479 e. The molecule has 0 amide bonds. The Morgan fingerprint density at radius 1 is 1.53 bits per heavy atom. The lowest BCUT2D eigenvalue weighted by Crippen LogP contribution is -2.48. The summed E-state index contributed by atoms with van der Waals surface area (Å²) in [5, 5.41) is 18.5. The van der Waals surface area contributed by atoms with Gasteiger partial charge in [0, 0.05) is 12.0 Å². The van der Waals surface area contributed by atoms with Crippen molar-refractivity contribution in [1.29, 1.82) is 0 Å². The number of aliphatic hydroxyl groups is 1. The first-order valence-corrected chi connectivity index (χ1v) is 5.66. The maximum absolute atomic E-state index is 10.8. The average molecular weight is 215 g/mol. The molecule has 4 nitrogen and oxygen atoms in total.